The van der Waals surface area contributed by atoms with Gasteiger partial charge >= 0.3 is 6.18 Å². The summed E-state index contributed by atoms with van der Waals surface area (Å²) in [5.74, 6) is 0.0837. The third kappa shape index (κ3) is 3.25. The molecule has 1 aromatic carbocycles. The van der Waals surface area contributed by atoms with Gasteiger partial charge in [0.25, 0.3) is 0 Å². The number of benzene rings is 1. The van der Waals surface area contributed by atoms with E-state index in [1.54, 1.807) is 6.92 Å². The molecule has 0 aliphatic heterocycles. The first-order valence-electron chi connectivity index (χ1n) is 6.17. The molecule has 0 saturated carbocycles. The fourth-order valence-electron chi connectivity index (χ4n) is 2.17. The van der Waals surface area contributed by atoms with Gasteiger partial charge in [-0.15, -0.1) is 0 Å². The Morgan fingerprint density at radius 1 is 1.17 bits per heavy atom. The Balaban J connectivity index is 3.06. The standard InChI is InChI=1S/C14H19F3O/c1-4-10(5-2)13(18)12-7-6-11(8-9(12)3)14(15,16)17/h6-8,10,13,18H,4-5H2,1-3H3. The van der Waals surface area contributed by atoms with Crippen molar-refractivity contribution in [1.29, 1.82) is 0 Å². The maximum Gasteiger partial charge on any atom is 0.416 e. The average Bonchev–Trinajstić information content (AvgIpc) is 2.29. The van der Waals surface area contributed by atoms with Gasteiger partial charge in [0.15, 0.2) is 0 Å². The smallest absolute Gasteiger partial charge is 0.388 e. The van der Waals surface area contributed by atoms with E-state index >= 15 is 0 Å². The molecule has 0 heterocycles. The van der Waals surface area contributed by atoms with E-state index in [4.69, 9.17) is 0 Å². The zero-order valence-corrected chi connectivity index (χ0v) is 10.9. The highest BCUT2D eigenvalue weighted by atomic mass is 19.4. The van der Waals surface area contributed by atoms with Crippen LogP contribution in [0, 0.1) is 12.8 Å². The highest BCUT2D eigenvalue weighted by Crippen LogP contribution is 2.34. The Kier molecular flexibility index (Phi) is 4.79. The lowest BCUT2D eigenvalue weighted by atomic mass is 9.88. The van der Waals surface area contributed by atoms with Gasteiger partial charge < -0.3 is 5.11 Å². The van der Waals surface area contributed by atoms with Crippen LogP contribution in [0.3, 0.4) is 0 Å². The van der Waals surface area contributed by atoms with Crippen LogP contribution in [0.1, 0.15) is 49.5 Å². The molecule has 1 atom stereocenters. The molecule has 0 fully saturated rings. The van der Waals surface area contributed by atoms with Gasteiger partial charge in [0, 0.05) is 0 Å². The number of hydrogen-bond donors (Lipinski definition) is 1. The SMILES string of the molecule is CCC(CC)C(O)c1ccc(C(F)(F)F)cc1C. The zero-order chi connectivity index (χ0) is 13.9. The topological polar surface area (TPSA) is 20.2 Å². The van der Waals surface area contributed by atoms with Crippen molar-refractivity contribution in [2.75, 3.05) is 0 Å². The van der Waals surface area contributed by atoms with E-state index in [9.17, 15) is 18.3 Å². The summed E-state index contributed by atoms with van der Waals surface area (Å²) in [4.78, 5) is 0. The van der Waals surface area contributed by atoms with Crippen molar-refractivity contribution in [3.8, 4) is 0 Å². The predicted octanol–water partition coefficient (Wildman–Crippen LogP) is 4.48. The molecule has 1 unspecified atom stereocenters. The van der Waals surface area contributed by atoms with E-state index in [0.717, 1.165) is 25.0 Å². The van der Waals surface area contributed by atoms with E-state index in [-0.39, 0.29) is 5.92 Å². The molecule has 1 aromatic rings. The summed E-state index contributed by atoms with van der Waals surface area (Å²) in [6.07, 6.45) is -3.42. The minimum Gasteiger partial charge on any atom is -0.388 e. The fourth-order valence-corrected chi connectivity index (χ4v) is 2.17. The maximum atomic E-state index is 12.5. The molecule has 1 rings (SSSR count). The number of aryl methyl sites for hydroxylation is 1. The van der Waals surface area contributed by atoms with Gasteiger partial charge in [-0.25, -0.2) is 0 Å². The zero-order valence-electron chi connectivity index (χ0n) is 10.9. The maximum absolute atomic E-state index is 12.5. The Morgan fingerprint density at radius 3 is 2.11 bits per heavy atom. The van der Waals surface area contributed by atoms with Gasteiger partial charge in [-0.1, -0.05) is 32.8 Å². The van der Waals surface area contributed by atoms with Crippen LogP contribution >= 0.6 is 0 Å². The van der Waals surface area contributed by atoms with Crippen molar-refractivity contribution in [3.63, 3.8) is 0 Å². The second-order valence-electron chi connectivity index (χ2n) is 4.59. The molecule has 102 valence electrons. The summed E-state index contributed by atoms with van der Waals surface area (Å²) < 4.78 is 37.6. The van der Waals surface area contributed by atoms with Crippen LogP contribution in [0.15, 0.2) is 18.2 Å². The lowest BCUT2D eigenvalue weighted by molar-refractivity contribution is -0.137. The number of aliphatic hydroxyl groups is 1. The molecule has 0 aromatic heterocycles. The second kappa shape index (κ2) is 5.74. The second-order valence-corrected chi connectivity index (χ2v) is 4.59. The molecule has 0 saturated heterocycles. The lowest BCUT2D eigenvalue weighted by Crippen LogP contribution is -2.13. The van der Waals surface area contributed by atoms with Gasteiger partial charge in [-0.2, -0.15) is 13.2 Å². The molecule has 0 radical (unpaired) electrons. The van der Waals surface area contributed by atoms with Crippen molar-refractivity contribution in [1.82, 2.24) is 0 Å². The lowest BCUT2D eigenvalue weighted by Gasteiger charge is -2.22. The van der Waals surface area contributed by atoms with Crippen molar-refractivity contribution in [2.24, 2.45) is 5.92 Å². The fraction of sp³-hybridized carbons (Fsp3) is 0.571. The summed E-state index contributed by atoms with van der Waals surface area (Å²) in [5, 5.41) is 10.2. The quantitative estimate of drug-likeness (QED) is 0.846. The van der Waals surface area contributed by atoms with Gasteiger partial charge in [-0.3, -0.25) is 0 Å². The minimum absolute atomic E-state index is 0.0837. The van der Waals surface area contributed by atoms with Crippen LogP contribution in [0.25, 0.3) is 0 Å². The van der Waals surface area contributed by atoms with E-state index in [2.05, 4.69) is 0 Å². The summed E-state index contributed by atoms with van der Waals surface area (Å²) >= 11 is 0. The molecular formula is C14H19F3O. The van der Waals surface area contributed by atoms with Crippen molar-refractivity contribution in [2.45, 2.75) is 45.9 Å². The molecule has 18 heavy (non-hydrogen) atoms. The van der Waals surface area contributed by atoms with Gasteiger partial charge in [0.05, 0.1) is 11.7 Å². The van der Waals surface area contributed by atoms with Crippen molar-refractivity contribution >= 4 is 0 Å². The summed E-state index contributed by atoms with van der Waals surface area (Å²) in [6.45, 7) is 5.55. The molecule has 0 amide bonds. The highest BCUT2D eigenvalue weighted by molar-refractivity contribution is 5.34. The largest absolute Gasteiger partial charge is 0.416 e. The summed E-state index contributed by atoms with van der Waals surface area (Å²) in [5.41, 5.74) is 0.418. The summed E-state index contributed by atoms with van der Waals surface area (Å²) in [7, 11) is 0. The minimum atomic E-state index is -4.33. The Hall–Kier alpha value is -1.03. The van der Waals surface area contributed by atoms with Crippen molar-refractivity contribution < 1.29 is 18.3 Å². The third-order valence-corrected chi connectivity index (χ3v) is 3.41. The van der Waals surface area contributed by atoms with Crippen LogP contribution in [0.2, 0.25) is 0 Å². The molecule has 0 aliphatic rings. The molecule has 1 nitrogen and oxygen atoms in total. The van der Waals surface area contributed by atoms with Crippen LogP contribution < -0.4 is 0 Å². The molecule has 0 bridgehead atoms. The van der Waals surface area contributed by atoms with E-state index in [1.165, 1.54) is 6.07 Å². The van der Waals surface area contributed by atoms with Crippen molar-refractivity contribution in [3.05, 3.63) is 34.9 Å². The number of hydrogen-bond acceptors (Lipinski definition) is 1. The molecule has 0 spiro atoms. The van der Waals surface area contributed by atoms with Gasteiger partial charge in [0.2, 0.25) is 0 Å². The number of rotatable bonds is 4. The van der Waals surface area contributed by atoms with Crippen LogP contribution in [-0.2, 0) is 6.18 Å². The Morgan fingerprint density at radius 2 is 1.72 bits per heavy atom. The first-order chi connectivity index (χ1) is 8.31. The third-order valence-electron chi connectivity index (χ3n) is 3.41. The molecule has 0 aliphatic carbocycles. The molecule has 4 heteroatoms. The van der Waals surface area contributed by atoms with E-state index in [0.29, 0.717) is 11.1 Å². The normalized spacial score (nSPS) is 14.0. The van der Waals surface area contributed by atoms with E-state index in [1.807, 2.05) is 13.8 Å². The van der Waals surface area contributed by atoms with Crippen LogP contribution in [0.5, 0.6) is 0 Å². The van der Waals surface area contributed by atoms with Crippen LogP contribution in [-0.4, -0.2) is 5.11 Å². The Labute approximate surface area is 106 Å². The van der Waals surface area contributed by atoms with Gasteiger partial charge in [0.1, 0.15) is 0 Å². The van der Waals surface area contributed by atoms with Gasteiger partial charge in [-0.05, 0) is 36.1 Å². The highest BCUT2D eigenvalue weighted by Gasteiger charge is 2.31. The monoisotopic (exact) mass is 260 g/mol. The predicted molar refractivity (Wildman–Crippen MR) is 65.2 cm³/mol. The summed E-state index contributed by atoms with van der Waals surface area (Å²) in [6, 6.07) is 3.52. The number of aliphatic hydroxyl groups excluding tert-OH is 1. The van der Waals surface area contributed by atoms with E-state index < -0.39 is 17.8 Å². The number of halogens is 3. The first kappa shape index (κ1) is 15.0. The Bertz CT molecular complexity index is 395. The number of alkyl halides is 3. The molecule has 1 N–H and O–H groups in total. The molecular weight excluding hydrogens is 241 g/mol. The first-order valence-corrected chi connectivity index (χ1v) is 6.17. The van der Waals surface area contributed by atoms with Crippen LogP contribution in [0.4, 0.5) is 13.2 Å². The average molecular weight is 260 g/mol.